The van der Waals surface area contributed by atoms with Crippen molar-refractivity contribution >= 4 is 11.9 Å². The van der Waals surface area contributed by atoms with Crippen molar-refractivity contribution in [1.29, 1.82) is 5.26 Å². The van der Waals surface area contributed by atoms with E-state index in [1.807, 2.05) is 6.07 Å². The van der Waals surface area contributed by atoms with Crippen LogP contribution in [0, 0.1) is 17.3 Å². The highest BCUT2D eigenvalue weighted by molar-refractivity contribution is 5.67. The van der Waals surface area contributed by atoms with E-state index < -0.39 is 5.95 Å². The molecule has 0 saturated heterocycles. The van der Waals surface area contributed by atoms with E-state index in [0.29, 0.717) is 34.6 Å². The molecule has 0 unspecified atom stereocenters. The third-order valence-electron chi connectivity index (χ3n) is 3.04. The van der Waals surface area contributed by atoms with Crippen LogP contribution in [-0.4, -0.2) is 27.3 Å². The lowest BCUT2D eigenvalue weighted by atomic mass is 10.2. The molecule has 0 N–H and O–H groups in total. The van der Waals surface area contributed by atoms with E-state index in [0.717, 1.165) is 0 Å². The molecule has 0 fully saturated rings. The largest absolute Gasteiger partial charge is 0.486 e. The summed E-state index contributed by atoms with van der Waals surface area (Å²) in [4.78, 5) is 18.2. The number of nitrogens with zero attached hydrogens (tertiary/aromatic N) is 4. The summed E-state index contributed by atoms with van der Waals surface area (Å²) in [5, 5.41) is 9.19. The number of fused-ring (bicyclic) bond motifs is 1. The van der Waals surface area contributed by atoms with Crippen molar-refractivity contribution in [2.75, 3.05) is 6.61 Å². The summed E-state index contributed by atoms with van der Waals surface area (Å²) in [7, 11) is 0. The van der Waals surface area contributed by atoms with Crippen molar-refractivity contribution in [2.45, 2.75) is 0 Å². The summed E-state index contributed by atoms with van der Waals surface area (Å²) in [6.07, 6.45) is 3.42. The van der Waals surface area contributed by atoms with Gasteiger partial charge < -0.3 is 4.74 Å². The van der Waals surface area contributed by atoms with Crippen LogP contribution in [0.3, 0.4) is 0 Å². The average Bonchev–Trinajstić information content (AvgIpc) is 2.96. The fourth-order valence-electron chi connectivity index (χ4n) is 2.12. The van der Waals surface area contributed by atoms with Crippen molar-refractivity contribution in [2.24, 2.45) is 0 Å². The van der Waals surface area contributed by atoms with Gasteiger partial charge in [0.2, 0.25) is 5.95 Å². The monoisotopic (exact) mass is 296 g/mol. The number of aldehydes is 1. The molecule has 0 aliphatic heterocycles. The number of halogens is 1. The van der Waals surface area contributed by atoms with Gasteiger partial charge in [0, 0.05) is 23.9 Å². The summed E-state index contributed by atoms with van der Waals surface area (Å²) >= 11 is 0. The molecule has 22 heavy (non-hydrogen) atoms. The Kier molecular flexibility index (Phi) is 3.50. The van der Waals surface area contributed by atoms with Crippen molar-refractivity contribution in [3.05, 3.63) is 48.3 Å². The maximum Gasteiger partial charge on any atom is 0.212 e. The van der Waals surface area contributed by atoms with Crippen molar-refractivity contribution < 1.29 is 13.9 Å². The normalized spacial score (nSPS) is 10.4. The van der Waals surface area contributed by atoms with Gasteiger partial charge in [-0.2, -0.15) is 9.65 Å². The van der Waals surface area contributed by atoms with E-state index in [9.17, 15) is 14.4 Å². The van der Waals surface area contributed by atoms with Gasteiger partial charge >= 0.3 is 0 Å². The maximum atomic E-state index is 13.0. The highest BCUT2D eigenvalue weighted by atomic mass is 19.1. The first-order valence-electron chi connectivity index (χ1n) is 6.33. The number of imidazole rings is 1. The number of carbonyl (C=O) groups is 1. The lowest BCUT2D eigenvalue weighted by molar-refractivity contribution is -0.109. The van der Waals surface area contributed by atoms with Gasteiger partial charge in [-0.3, -0.25) is 9.20 Å². The highest BCUT2D eigenvalue weighted by Gasteiger charge is 2.12. The number of aromatic nitrogens is 3. The summed E-state index contributed by atoms with van der Waals surface area (Å²) < 4.78 is 19.9. The van der Waals surface area contributed by atoms with Crippen LogP contribution in [0.25, 0.3) is 16.9 Å². The van der Waals surface area contributed by atoms with Gasteiger partial charge in [0.15, 0.2) is 6.29 Å². The maximum absolute atomic E-state index is 13.0. The topological polar surface area (TPSA) is 80.3 Å². The molecule has 0 spiro atoms. The van der Waals surface area contributed by atoms with Crippen LogP contribution in [0.4, 0.5) is 4.39 Å². The quantitative estimate of drug-likeness (QED) is 0.543. The van der Waals surface area contributed by atoms with E-state index in [-0.39, 0.29) is 6.61 Å². The van der Waals surface area contributed by atoms with E-state index >= 15 is 0 Å². The average molecular weight is 296 g/mol. The molecule has 3 rings (SSSR count). The molecule has 6 nitrogen and oxygen atoms in total. The first kappa shape index (κ1) is 13.7. The minimum atomic E-state index is -0.598. The Bertz CT molecular complexity index is 881. The minimum Gasteiger partial charge on any atom is -0.486 e. The lowest BCUT2D eigenvalue weighted by Gasteiger charge is -2.10. The molecule has 3 aromatic heterocycles. The zero-order valence-electron chi connectivity index (χ0n) is 11.2. The van der Waals surface area contributed by atoms with Crippen LogP contribution in [0.15, 0.2) is 36.7 Å². The second kappa shape index (κ2) is 5.61. The predicted molar refractivity (Wildman–Crippen MR) is 74.7 cm³/mol. The molecule has 0 bridgehead atoms. The molecule has 0 saturated carbocycles. The van der Waals surface area contributed by atoms with Crippen molar-refractivity contribution in [3.63, 3.8) is 0 Å². The first-order chi connectivity index (χ1) is 10.7. The number of pyridine rings is 2. The van der Waals surface area contributed by atoms with Gasteiger partial charge in [-0.05, 0) is 12.1 Å². The van der Waals surface area contributed by atoms with Crippen LogP contribution in [0.5, 0.6) is 5.75 Å². The molecule has 0 aliphatic carbocycles. The number of hydrogen-bond donors (Lipinski definition) is 0. The smallest absolute Gasteiger partial charge is 0.212 e. The van der Waals surface area contributed by atoms with E-state index in [1.54, 1.807) is 22.6 Å². The SMILES string of the molecule is N#Cc1cnc2cc(OCC=O)cc(-c3ccc(F)nc3)n12. The second-order valence-corrected chi connectivity index (χ2v) is 4.37. The summed E-state index contributed by atoms with van der Waals surface area (Å²) in [6, 6.07) is 8.07. The molecule has 0 radical (unpaired) electrons. The van der Waals surface area contributed by atoms with Gasteiger partial charge in [-0.25, -0.2) is 9.97 Å². The van der Waals surface area contributed by atoms with Crippen molar-refractivity contribution in [1.82, 2.24) is 14.4 Å². The number of hydrogen-bond acceptors (Lipinski definition) is 5. The Labute approximate surface area is 124 Å². The Balaban J connectivity index is 2.24. The van der Waals surface area contributed by atoms with Crippen molar-refractivity contribution in [3.8, 4) is 23.1 Å². The van der Waals surface area contributed by atoms with Crippen LogP contribution in [0.2, 0.25) is 0 Å². The third-order valence-corrected chi connectivity index (χ3v) is 3.04. The minimum absolute atomic E-state index is 0.0941. The Morgan fingerprint density at radius 1 is 1.32 bits per heavy atom. The van der Waals surface area contributed by atoms with E-state index in [2.05, 4.69) is 9.97 Å². The van der Waals surface area contributed by atoms with Gasteiger partial charge in [-0.15, -0.1) is 0 Å². The molecule has 0 aromatic carbocycles. The van der Waals surface area contributed by atoms with Gasteiger partial charge in [0.05, 0.1) is 11.9 Å². The van der Waals surface area contributed by atoms with Crippen LogP contribution < -0.4 is 4.74 Å². The lowest BCUT2D eigenvalue weighted by Crippen LogP contribution is -2.01. The van der Waals surface area contributed by atoms with Crippen LogP contribution in [0.1, 0.15) is 5.69 Å². The Morgan fingerprint density at radius 2 is 2.18 bits per heavy atom. The summed E-state index contributed by atoms with van der Waals surface area (Å²) in [5.74, 6) is -0.173. The van der Waals surface area contributed by atoms with Gasteiger partial charge in [-0.1, -0.05) is 0 Å². The van der Waals surface area contributed by atoms with Crippen LogP contribution in [-0.2, 0) is 4.79 Å². The molecular weight excluding hydrogens is 287 g/mol. The Hall–Kier alpha value is -3.27. The molecule has 0 amide bonds. The fourth-order valence-corrected chi connectivity index (χ4v) is 2.12. The Morgan fingerprint density at radius 3 is 2.86 bits per heavy atom. The third kappa shape index (κ3) is 2.38. The zero-order chi connectivity index (χ0) is 15.5. The summed E-state index contributed by atoms with van der Waals surface area (Å²) in [5.41, 5.74) is 1.98. The number of rotatable bonds is 4. The van der Waals surface area contributed by atoms with E-state index in [1.165, 1.54) is 18.5 Å². The second-order valence-electron chi connectivity index (χ2n) is 4.37. The number of ether oxygens (including phenoxy) is 1. The molecule has 0 aliphatic rings. The molecule has 3 aromatic rings. The zero-order valence-corrected chi connectivity index (χ0v) is 11.2. The predicted octanol–water partition coefficient (Wildman–Crippen LogP) is 1.98. The van der Waals surface area contributed by atoms with E-state index in [4.69, 9.17) is 4.74 Å². The fraction of sp³-hybridized carbons (Fsp3) is 0.0667. The number of nitriles is 1. The van der Waals surface area contributed by atoms with Gasteiger partial charge in [0.1, 0.15) is 29.8 Å². The number of carbonyl (C=O) groups excluding carboxylic acids is 1. The molecule has 3 heterocycles. The molecular formula is C15H9FN4O2. The summed E-state index contributed by atoms with van der Waals surface area (Å²) in [6.45, 7) is -0.0941. The standard InChI is InChI=1S/C15H9FN4O2/c16-14-2-1-10(8-18-14)13-5-12(22-4-3-21)6-15-19-9-11(7-17)20(13)15/h1-3,5-6,8-9H,4H2. The van der Waals surface area contributed by atoms with Gasteiger partial charge in [0.25, 0.3) is 0 Å². The van der Waals surface area contributed by atoms with Crippen LogP contribution >= 0.6 is 0 Å². The molecule has 7 heteroatoms. The highest BCUT2D eigenvalue weighted by Crippen LogP contribution is 2.27. The molecule has 108 valence electrons. The first-order valence-corrected chi connectivity index (χ1v) is 6.33. The molecule has 0 atom stereocenters.